The first-order valence-electron chi connectivity index (χ1n) is 5.61. The molecule has 0 aliphatic carbocycles. The van der Waals surface area contributed by atoms with Gasteiger partial charge in [-0.2, -0.15) is 10.5 Å². The predicted molar refractivity (Wildman–Crippen MR) is 68.4 cm³/mol. The van der Waals surface area contributed by atoms with Crippen LogP contribution in [0.4, 0.5) is 5.69 Å². The van der Waals surface area contributed by atoms with Gasteiger partial charge in [-0.25, -0.2) is 0 Å². The molecule has 3 nitrogen and oxygen atoms in total. The predicted octanol–water partition coefficient (Wildman–Crippen LogP) is 2.93. The van der Waals surface area contributed by atoms with Gasteiger partial charge in [0.25, 0.3) is 0 Å². The summed E-state index contributed by atoms with van der Waals surface area (Å²) < 4.78 is 0. The summed E-state index contributed by atoms with van der Waals surface area (Å²) >= 11 is 0. The summed E-state index contributed by atoms with van der Waals surface area (Å²) in [5.41, 5.74) is 1.44. The van der Waals surface area contributed by atoms with E-state index in [9.17, 15) is 0 Å². The van der Waals surface area contributed by atoms with Crippen molar-refractivity contribution < 1.29 is 0 Å². The first-order valence-corrected chi connectivity index (χ1v) is 5.61. The van der Waals surface area contributed by atoms with E-state index in [1.165, 1.54) is 0 Å². The molecule has 0 atom stereocenters. The van der Waals surface area contributed by atoms with Gasteiger partial charge in [0.05, 0.1) is 23.1 Å². The fraction of sp³-hybridized carbons (Fsp3) is 0.429. The molecule has 1 rings (SSSR count). The summed E-state index contributed by atoms with van der Waals surface area (Å²) in [5.74, 6) is 0. The van der Waals surface area contributed by atoms with Crippen LogP contribution in [0.2, 0.25) is 0 Å². The van der Waals surface area contributed by atoms with Crippen LogP contribution in [0.25, 0.3) is 0 Å². The molecule has 17 heavy (non-hydrogen) atoms. The number of nitrogens with zero attached hydrogens (tertiary/aromatic N) is 3. The fourth-order valence-electron chi connectivity index (χ4n) is 1.42. The number of hydrogen-bond donors (Lipinski definition) is 0. The van der Waals surface area contributed by atoms with Gasteiger partial charge in [0.2, 0.25) is 0 Å². The molecule has 3 heteroatoms. The molecule has 0 fully saturated rings. The smallest absolute Gasteiger partial charge is 0.0991 e. The summed E-state index contributed by atoms with van der Waals surface area (Å²) in [6.07, 6.45) is 0.819. The zero-order valence-electron chi connectivity index (χ0n) is 10.6. The van der Waals surface area contributed by atoms with Gasteiger partial charge in [0.15, 0.2) is 0 Å². The largest absolute Gasteiger partial charge is 0.375 e. The van der Waals surface area contributed by atoms with Gasteiger partial charge in [-0.1, -0.05) is 0 Å². The molecule has 0 amide bonds. The topological polar surface area (TPSA) is 50.8 Å². The van der Waals surface area contributed by atoms with E-state index in [0.29, 0.717) is 5.56 Å². The van der Waals surface area contributed by atoms with Crippen LogP contribution >= 0.6 is 0 Å². The third kappa shape index (κ3) is 3.81. The standard InChI is InChI=1S/C14H17N3/c1-14(2,11-16)8-9-17(3)13-6-4-12(10-15)5-7-13/h4-7H,8-9H2,1-3H3. The summed E-state index contributed by atoms with van der Waals surface area (Å²) in [6, 6.07) is 11.9. The third-order valence-electron chi connectivity index (χ3n) is 2.81. The van der Waals surface area contributed by atoms with Crippen LogP contribution in [0.1, 0.15) is 25.8 Å². The molecule has 1 aromatic carbocycles. The zero-order valence-corrected chi connectivity index (χ0v) is 10.6. The van der Waals surface area contributed by atoms with Crippen LogP contribution in [0, 0.1) is 28.1 Å². The molecule has 0 unspecified atom stereocenters. The molecule has 0 aliphatic rings. The van der Waals surface area contributed by atoms with Crippen molar-refractivity contribution in [1.82, 2.24) is 0 Å². The SMILES string of the molecule is CN(CCC(C)(C)C#N)c1ccc(C#N)cc1. The summed E-state index contributed by atoms with van der Waals surface area (Å²) in [4.78, 5) is 2.10. The second kappa shape index (κ2) is 5.37. The Bertz CT molecular complexity index is 446. The van der Waals surface area contributed by atoms with Crippen molar-refractivity contribution >= 4 is 5.69 Å². The minimum atomic E-state index is -0.291. The quantitative estimate of drug-likeness (QED) is 0.794. The van der Waals surface area contributed by atoms with E-state index in [1.54, 1.807) is 12.1 Å². The van der Waals surface area contributed by atoms with Gasteiger partial charge in [0.1, 0.15) is 0 Å². The van der Waals surface area contributed by atoms with Gasteiger partial charge < -0.3 is 4.90 Å². The second-order valence-electron chi connectivity index (χ2n) is 4.83. The Morgan fingerprint density at radius 2 is 1.76 bits per heavy atom. The average molecular weight is 227 g/mol. The van der Waals surface area contributed by atoms with Crippen molar-refractivity contribution in [3.8, 4) is 12.1 Å². The van der Waals surface area contributed by atoms with Crippen molar-refractivity contribution in [2.45, 2.75) is 20.3 Å². The molecule has 1 aromatic rings. The Hall–Kier alpha value is -2.00. The van der Waals surface area contributed by atoms with E-state index in [-0.39, 0.29) is 5.41 Å². The molecule has 0 spiro atoms. The van der Waals surface area contributed by atoms with Crippen molar-refractivity contribution in [3.63, 3.8) is 0 Å². The molecule has 88 valence electrons. The third-order valence-corrected chi connectivity index (χ3v) is 2.81. The number of nitriles is 2. The first-order chi connectivity index (χ1) is 7.98. The maximum Gasteiger partial charge on any atom is 0.0991 e. The lowest BCUT2D eigenvalue weighted by atomic mass is 9.91. The van der Waals surface area contributed by atoms with Gasteiger partial charge in [-0.05, 0) is 44.5 Å². The molecule has 0 bridgehead atoms. The van der Waals surface area contributed by atoms with Crippen molar-refractivity contribution in [1.29, 1.82) is 10.5 Å². The van der Waals surface area contributed by atoms with E-state index in [2.05, 4.69) is 17.0 Å². The number of benzene rings is 1. The highest BCUT2D eigenvalue weighted by molar-refractivity contribution is 5.48. The number of rotatable bonds is 4. The van der Waals surface area contributed by atoms with Crippen LogP contribution in [-0.4, -0.2) is 13.6 Å². The highest BCUT2D eigenvalue weighted by Crippen LogP contribution is 2.21. The molecular formula is C14H17N3. The molecule has 0 heterocycles. The molecule has 0 saturated carbocycles. The summed E-state index contributed by atoms with van der Waals surface area (Å²) in [6.45, 7) is 4.71. The Balaban J connectivity index is 2.62. The van der Waals surface area contributed by atoms with E-state index >= 15 is 0 Å². The monoisotopic (exact) mass is 227 g/mol. The van der Waals surface area contributed by atoms with Crippen molar-refractivity contribution in [2.75, 3.05) is 18.5 Å². The Morgan fingerprint density at radius 1 is 1.18 bits per heavy atom. The van der Waals surface area contributed by atoms with Gasteiger partial charge in [0, 0.05) is 19.3 Å². The fourth-order valence-corrected chi connectivity index (χ4v) is 1.42. The Labute approximate surface area is 103 Å². The highest BCUT2D eigenvalue weighted by atomic mass is 15.1. The minimum Gasteiger partial charge on any atom is -0.375 e. The van der Waals surface area contributed by atoms with Crippen molar-refractivity contribution in [2.24, 2.45) is 5.41 Å². The van der Waals surface area contributed by atoms with E-state index in [0.717, 1.165) is 18.7 Å². The Kier molecular flexibility index (Phi) is 4.12. The molecule has 0 saturated heterocycles. The van der Waals surface area contributed by atoms with Crippen LogP contribution in [0.15, 0.2) is 24.3 Å². The lowest BCUT2D eigenvalue weighted by molar-refractivity contribution is 0.455. The minimum absolute atomic E-state index is 0.291. The van der Waals surface area contributed by atoms with Crippen LogP contribution in [0.5, 0.6) is 0 Å². The normalized spacial score (nSPS) is 10.4. The van der Waals surface area contributed by atoms with E-state index in [1.807, 2.05) is 33.0 Å². The molecular weight excluding hydrogens is 210 g/mol. The van der Waals surface area contributed by atoms with Crippen molar-refractivity contribution in [3.05, 3.63) is 29.8 Å². The van der Waals surface area contributed by atoms with Gasteiger partial charge >= 0.3 is 0 Å². The van der Waals surface area contributed by atoms with Crippen LogP contribution < -0.4 is 4.90 Å². The lowest BCUT2D eigenvalue weighted by Gasteiger charge is -2.23. The van der Waals surface area contributed by atoms with Crippen LogP contribution in [0.3, 0.4) is 0 Å². The molecule has 0 N–H and O–H groups in total. The summed E-state index contributed by atoms with van der Waals surface area (Å²) in [7, 11) is 1.99. The molecule has 0 radical (unpaired) electrons. The van der Waals surface area contributed by atoms with E-state index in [4.69, 9.17) is 10.5 Å². The maximum absolute atomic E-state index is 8.94. The van der Waals surface area contributed by atoms with Gasteiger partial charge in [-0.3, -0.25) is 0 Å². The van der Waals surface area contributed by atoms with Gasteiger partial charge in [-0.15, -0.1) is 0 Å². The number of anilines is 1. The first kappa shape index (κ1) is 13.1. The highest BCUT2D eigenvalue weighted by Gasteiger charge is 2.17. The second-order valence-corrected chi connectivity index (χ2v) is 4.83. The number of hydrogen-bond acceptors (Lipinski definition) is 3. The lowest BCUT2D eigenvalue weighted by Crippen LogP contribution is -2.23. The van der Waals surface area contributed by atoms with Crippen LogP contribution in [-0.2, 0) is 0 Å². The van der Waals surface area contributed by atoms with E-state index < -0.39 is 0 Å². The molecule has 0 aliphatic heterocycles. The maximum atomic E-state index is 8.94. The molecule has 0 aromatic heterocycles. The average Bonchev–Trinajstić information content (AvgIpc) is 2.36. The summed E-state index contributed by atoms with van der Waals surface area (Å²) in [5, 5.41) is 17.7. The Morgan fingerprint density at radius 3 is 2.24 bits per heavy atom. The zero-order chi connectivity index (χ0) is 12.9.